The number of methoxy groups -OCH3 is 2. The molecule has 8 heteroatoms. The van der Waals surface area contributed by atoms with Crippen molar-refractivity contribution in [1.29, 1.82) is 0 Å². The van der Waals surface area contributed by atoms with Gasteiger partial charge in [-0.2, -0.15) is 0 Å². The molecule has 0 radical (unpaired) electrons. The standard InChI is InChI=1S/C18H15N3O5/c1-25-15-6-4-10-14(22)8-12-11-7-9(21(23)24)3-5-13(11)19-17(12)16(10)20-18(15)26-2/h3,5-7,19H,4,8H2,1-2H3. The third kappa shape index (κ3) is 2.30. The van der Waals surface area contributed by atoms with E-state index in [9.17, 15) is 14.9 Å². The highest BCUT2D eigenvalue weighted by molar-refractivity contribution is 6.12. The van der Waals surface area contributed by atoms with Gasteiger partial charge in [0, 0.05) is 41.5 Å². The van der Waals surface area contributed by atoms with Crippen molar-refractivity contribution in [3.8, 4) is 0 Å². The number of nitro benzene ring substituents is 1. The summed E-state index contributed by atoms with van der Waals surface area (Å²) in [6.07, 6.45) is 2.31. The molecule has 0 saturated carbocycles. The molecule has 1 aliphatic heterocycles. The van der Waals surface area contributed by atoms with E-state index >= 15 is 0 Å². The van der Waals surface area contributed by atoms with Crippen molar-refractivity contribution in [3.05, 3.63) is 57.0 Å². The van der Waals surface area contributed by atoms with Crippen LogP contribution in [0.5, 0.6) is 0 Å². The first-order valence-corrected chi connectivity index (χ1v) is 7.96. The zero-order chi connectivity index (χ0) is 18.4. The second-order valence-electron chi connectivity index (χ2n) is 5.99. The predicted octanol–water partition coefficient (Wildman–Crippen LogP) is 2.89. The number of ether oxygens (including phenoxy) is 2. The summed E-state index contributed by atoms with van der Waals surface area (Å²) >= 11 is 0. The second kappa shape index (κ2) is 5.83. The second-order valence-corrected chi connectivity index (χ2v) is 5.99. The van der Waals surface area contributed by atoms with Crippen LogP contribution in [0.25, 0.3) is 16.6 Å². The van der Waals surface area contributed by atoms with Crippen LogP contribution in [0, 0.1) is 10.1 Å². The molecule has 0 amide bonds. The monoisotopic (exact) mass is 353 g/mol. The van der Waals surface area contributed by atoms with E-state index < -0.39 is 4.92 Å². The highest BCUT2D eigenvalue weighted by Crippen LogP contribution is 2.38. The number of allylic oxidation sites excluding steroid dienone is 2. The Bertz CT molecular complexity index is 1060. The Labute approximate surface area is 148 Å². The number of Topliss-reactive ketones (excluding diaryl/α,β-unsaturated/α-hetero) is 1. The zero-order valence-electron chi connectivity index (χ0n) is 14.2. The van der Waals surface area contributed by atoms with Crippen LogP contribution >= 0.6 is 0 Å². The highest BCUT2D eigenvalue weighted by Gasteiger charge is 2.31. The van der Waals surface area contributed by atoms with Gasteiger partial charge in [-0.3, -0.25) is 14.9 Å². The molecule has 1 N–H and O–H groups in total. The van der Waals surface area contributed by atoms with Crippen LogP contribution in [0.1, 0.15) is 17.7 Å². The molecule has 2 aliphatic rings. The third-order valence-electron chi connectivity index (χ3n) is 4.63. The van der Waals surface area contributed by atoms with Crippen LogP contribution in [0.2, 0.25) is 0 Å². The van der Waals surface area contributed by atoms with Crippen molar-refractivity contribution in [3.63, 3.8) is 0 Å². The van der Waals surface area contributed by atoms with Crippen LogP contribution in [0.15, 0.2) is 40.6 Å². The van der Waals surface area contributed by atoms with Crippen LogP contribution in [-0.4, -0.2) is 35.8 Å². The summed E-state index contributed by atoms with van der Waals surface area (Å²) in [7, 11) is 3.00. The minimum atomic E-state index is -0.449. The lowest BCUT2D eigenvalue weighted by molar-refractivity contribution is -0.384. The number of hydrogen-bond acceptors (Lipinski definition) is 6. The Morgan fingerprint density at radius 1 is 1.27 bits per heavy atom. The number of aromatic amines is 1. The number of nitro groups is 1. The summed E-state index contributed by atoms with van der Waals surface area (Å²) in [6.45, 7) is 0. The first-order valence-electron chi connectivity index (χ1n) is 7.96. The molecule has 1 aliphatic carbocycles. The predicted molar refractivity (Wildman–Crippen MR) is 94.7 cm³/mol. The molecule has 2 heterocycles. The van der Waals surface area contributed by atoms with E-state index in [1.165, 1.54) is 26.4 Å². The van der Waals surface area contributed by atoms with E-state index in [1.54, 1.807) is 12.1 Å². The van der Waals surface area contributed by atoms with E-state index in [2.05, 4.69) is 9.98 Å². The maximum atomic E-state index is 12.7. The number of H-pyrrole nitrogens is 1. The quantitative estimate of drug-likeness (QED) is 0.660. The molecule has 0 unspecified atom stereocenters. The lowest BCUT2D eigenvalue weighted by Crippen LogP contribution is -2.15. The molecule has 4 rings (SSSR count). The molecule has 8 nitrogen and oxygen atoms in total. The molecule has 132 valence electrons. The topological polar surface area (TPSA) is 107 Å². The number of aromatic nitrogens is 1. The number of carbonyl (C=O) groups excluding carboxylic acids is 1. The van der Waals surface area contributed by atoms with Gasteiger partial charge in [-0.05, 0) is 17.7 Å². The average Bonchev–Trinajstić information content (AvgIpc) is 2.87. The smallest absolute Gasteiger partial charge is 0.270 e. The van der Waals surface area contributed by atoms with E-state index in [1.807, 2.05) is 0 Å². The van der Waals surface area contributed by atoms with Crippen molar-refractivity contribution in [1.82, 2.24) is 4.98 Å². The first-order chi connectivity index (χ1) is 12.5. The zero-order valence-corrected chi connectivity index (χ0v) is 14.2. The first kappa shape index (κ1) is 16.1. The van der Waals surface area contributed by atoms with Gasteiger partial charge in [-0.15, -0.1) is 0 Å². The third-order valence-corrected chi connectivity index (χ3v) is 4.63. The number of carbonyl (C=O) groups is 1. The fourth-order valence-electron chi connectivity index (χ4n) is 3.37. The number of rotatable bonds is 2. The number of non-ortho nitro benzene ring substituents is 1. The summed E-state index contributed by atoms with van der Waals surface area (Å²) in [5, 5.41) is 11.7. The van der Waals surface area contributed by atoms with Crippen molar-refractivity contribution in [2.45, 2.75) is 12.8 Å². The van der Waals surface area contributed by atoms with Crippen LogP contribution in [0.3, 0.4) is 0 Å². The molecule has 1 aromatic heterocycles. The summed E-state index contributed by atoms with van der Waals surface area (Å²) in [5.41, 5.74) is 3.18. The highest BCUT2D eigenvalue weighted by atomic mass is 16.6. The van der Waals surface area contributed by atoms with Gasteiger partial charge in [0.25, 0.3) is 11.6 Å². The Morgan fingerprint density at radius 2 is 2.08 bits per heavy atom. The number of nitrogens with one attached hydrogen (secondary N) is 1. The van der Waals surface area contributed by atoms with E-state index in [0.717, 1.165) is 5.52 Å². The number of benzene rings is 1. The molecule has 26 heavy (non-hydrogen) atoms. The minimum absolute atomic E-state index is 0.0168. The van der Waals surface area contributed by atoms with Gasteiger partial charge < -0.3 is 14.5 Å². The number of nitrogens with zero attached hydrogens (tertiary/aromatic N) is 2. The SMILES string of the molecule is COC1=CCC2=C(N=C1OC)c1[nH]c3ccc([N+](=O)[O-])cc3c1CC2=O. The van der Waals surface area contributed by atoms with Crippen molar-refractivity contribution in [2.24, 2.45) is 4.99 Å². The van der Waals surface area contributed by atoms with Gasteiger partial charge in [0.05, 0.1) is 30.5 Å². The molecule has 0 atom stereocenters. The molecule has 0 saturated heterocycles. The minimum Gasteiger partial charge on any atom is -0.491 e. The largest absolute Gasteiger partial charge is 0.491 e. The molecule has 0 spiro atoms. The summed E-state index contributed by atoms with van der Waals surface area (Å²) < 4.78 is 10.6. The molecule has 1 aromatic carbocycles. The van der Waals surface area contributed by atoms with Gasteiger partial charge in [-0.25, -0.2) is 4.99 Å². The maximum absolute atomic E-state index is 12.7. The van der Waals surface area contributed by atoms with Gasteiger partial charge in [0.2, 0.25) is 0 Å². The fourth-order valence-corrected chi connectivity index (χ4v) is 3.37. The summed E-state index contributed by atoms with van der Waals surface area (Å²) in [4.78, 5) is 31.1. The Hall–Kier alpha value is -3.42. The van der Waals surface area contributed by atoms with Gasteiger partial charge >= 0.3 is 0 Å². The average molecular weight is 353 g/mol. The van der Waals surface area contributed by atoms with Gasteiger partial charge in [-0.1, -0.05) is 0 Å². The Kier molecular flexibility index (Phi) is 3.61. The molecule has 2 aromatic rings. The Morgan fingerprint density at radius 3 is 2.77 bits per heavy atom. The number of aliphatic imine (C=N–C) groups is 1. The maximum Gasteiger partial charge on any atom is 0.270 e. The number of fused-ring (bicyclic) bond motifs is 4. The molecular formula is C18H15N3O5. The summed E-state index contributed by atoms with van der Waals surface area (Å²) in [5.74, 6) is 0.679. The van der Waals surface area contributed by atoms with Crippen LogP contribution in [-0.2, 0) is 20.7 Å². The fraction of sp³-hybridized carbons (Fsp3) is 0.222. The molecule has 0 bridgehead atoms. The van der Waals surface area contributed by atoms with Crippen molar-refractivity contribution in [2.75, 3.05) is 14.2 Å². The molecular weight excluding hydrogens is 338 g/mol. The normalized spacial score (nSPS) is 16.5. The molecule has 0 fully saturated rings. The Balaban J connectivity index is 1.96. The van der Waals surface area contributed by atoms with Crippen molar-refractivity contribution >= 4 is 34.0 Å². The van der Waals surface area contributed by atoms with E-state index in [-0.39, 0.29) is 23.8 Å². The van der Waals surface area contributed by atoms with Crippen LogP contribution < -0.4 is 0 Å². The van der Waals surface area contributed by atoms with Gasteiger partial charge in [0.15, 0.2) is 11.5 Å². The summed E-state index contributed by atoms with van der Waals surface area (Å²) in [6, 6.07) is 4.57. The lowest BCUT2D eigenvalue weighted by Gasteiger charge is -2.15. The van der Waals surface area contributed by atoms with Crippen LogP contribution in [0.4, 0.5) is 5.69 Å². The van der Waals surface area contributed by atoms with Crippen molar-refractivity contribution < 1.29 is 19.2 Å². The van der Waals surface area contributed by atoms with Gasteiger partial charge in [0.1, 0.15) is 0 Å². The lowest BCUT2D eigenvalue weighted by atomic mass is 9.90. The number of hydrogen-bond donors (Lipinski definition) is 1. The van der Waals surface area contributed by atoms with E-state index in [4.69, 9.17) is 9.47 Å². The van der Waals surface area contributed by atoms with E-state index in [0.29, 0.717) is 40.1 Å². The number of ketones is 1.